The van der Waals surface area contributed by atoms with Gasteiger partial charge in [-0.2, -0.15) is 0 Å². The van der Waals surface area contributed by atoms with Crippen molar-refractivity contribution in [3.63, 3.8) is 0 Å². The summed E-state index contributed by atoms with van der Waals surface area (Å²) in [7, 11) is 0. The average Bonchev–Trinajstić information content (AvgIpc) is 3.12. The largest absolute Gasteiger partial charge is 0.508 e. The summed E-state index contributed by atoms with van der Waals surface area (Å²) in [6.45, 7) is -0.140. The van der Waals surface area contributed by atoms with Crippen LogP contribution in [0.2, 0.25) is 0 Å². The van der Waals surface area contributed by atoms with Crippen molar-refractivity contribution in [3.8, 4) is 34.3 Å². The highest BCUT2D eigenvalue weighted by atomic mass is 16.8. The summed E-state index contributed by atoms with van der Waals surface area (Å²) in [6, 6.07) is 7.05. The van der Waals surface area contributed by atoms with E-state index in [1.165, 1.54) is 31.2 Å². The molecule has 0 saturated carbocycles. The highest BCUT2D eigenvalue weighted by Crippen LogP contribution is 2.38. The summed E-state index contributed by atoms with van der Waals surface area (Å²) in [5.41, 5.74) is -1.23. The van der Waals surface area contributed by atoms with Gasteiger partial charge in [-0.3, -0.25) is 4.79 Å². The molecule has 0 spiro atoms. The molecule has 15 atom stereocenters. The average molecular weight is 757 g/mol. The Bertz CT molecular complexity index is 1780. The van der Waals surface area contributed by atoms with Crippen molar-refractivity contribution in [1.82, 2.24) is 0 Å². The molecular formula is C33H40O20. The number of ether oxygens (including phenoxy) is 6. The Kier molecular flexibility index (Phi) is 11.5. The van der Waals surface area contributed by atoms with Gasteiger partial charge >= 0.3 is 0 Å². The van der Waals surface area contributed by atoms with E-state index in [9.17, 15) is 66.1 Å². The molecule has 12 N–H and O–H groups in total. The normalized spacial score (nSPS) is 37.8. The smallest absolute Gasteiger partial charge is 0.239 e. The Morgan fingerprint density at radius 2 is 1.30 bits per heavy atom. The van der Waals surface area contributed by atoms with Crippen molar-refractivity contribution in [2.45, 2.75) is 99.0 Å². The Balaban J connectivity index is 1.39. The number of hydrogen-bond donors (Lipinski definition) is 12. The van der Waals surface area contributed by atoms with Crippen molar-refractivity contribution in [2.75, 3.05) is 13.2 Å². The van der Waals surface area contributed by atoms with E-state index in [-0.39, 0.29) is 22.7 Å². The molecule has 20 heteroatoms. The fourth-order valence-corrected chi connectivity index (χ4v) is 6.25. The summed E-state index contributed by atoms with van der Waals surface area (Å²) in [5.74, 6) is -2.39. The number of aliphatic hydroxyl groups is 9. The summed E-state index contributed by atoms with van der Waals surface area (Å²) in [4.78, 5) is 14.0. The lowest BCUT2D eigenvalue weighted by atomic mass is 9.97. The quantitative estimate of drug-likeness (QED) is 0.100. The van der Waals surface area contributed by atoms with Crippen LogP contribution in [0.1, 0.15) is 6.92 Å². The highest BCUT2D eigenvalue weighted by Gasteiger charge is 2.52. The molecule has 3 aromatic rings. The number of aromatic hydroxyl groups is 3. The molecule has 0 bridgehead atoms. The van der Waals surface area contributed by atoms with Gasteiger partial charge in [0.2, 0.25) is 17.5 Å². The standard InChI is InChI=1S/C33H40O20/c1-10-19(38)23(42)26(45)31(48-10)47-9-17-21(40)25(44)30(53-32-27(46)24(43)20(39)16(8-34)50-32)33(51-17)52-29-22(41)18-14(37)6-13(36)7-15(18)49-28(29)11-2-4-12(35)5-3-11/h2-7,10,16-17,19-21,23-27,30-40,42-46H,8-9H2,1H3/t10-,16-,17-,19+,20-,21+,23+,24+,25+,26-,27-,30-,31-,32+,33+/m1/s1. The van der Waals surface area contributed by atoms with E-state index in [2.05, 4.69) is 0 Å². The first-order chi connectivity index (χ1) is 25.1. The number of hydrogen-bond acceptors (Lipinski definition) is 20. The monoisotopic (exact) mass is 756 g/mol. The number of rotatable bonds is 9. The number of aliphatic hydroxyl groups excluding tert-OH is 9. The van der Waals surface area contributed by atoms with Crippen LogP contribution in [-0.4, -0.2) is 167 Å². The molecule has 0 unspecified atom stereocenters. The zero-order valence-electron chi connectivity index (χ0n) is 27.7. The molecule has 53 heavy (non-hydrogen) atoms. The van der Waals surface area contributed by atoms with Gasteiger partial charge in [0, 0.05) is 17.7 Å². The van der Waals surface area contributed by atoms with Crippen molar-refractivity contribution in [2.24, 2.45) is 0 Å². The van der Waals surface area contributed by atoms with E-state index in [4.69, 9.17) is 32.8 Å². The minimum absolute atomic E-state index is 0.112. The predicted octanol–water partition coefficient (Wildman–Crippen LogP) is -3.57. The van der Waals surface area contributed by atoms with E-state index in [1.807, 2.05) is 0 Å². The lowest BCUT2D eigenvalue weighted by molar-refractivity contribution is -0.362. The van der Waals surface area contributed by atoms with Gasteiger partial charge in [0.05, 0.1) is 19.3 Å². The van der Waals surface area contributed by atoms with Crippen LogP contribution >= 0.6 is 0 Å². The number of benzene rings is 2. The van der Waals surface area contributed by atoms with Crippen LogP contribution in [0.4, 0.5) is 0 Å². The first-order valence-electron chi connectivity index (χ1n) is 16.4. The van der Waals surface area contributed by atoms with Crippen LogP contribution < -0.4 is 10.2 Å². The molecule has 1 aromatic heterocycles. The van der Waals surface area contributed by atoms with Gasteiger partial charge in [-0.25, -0.2) is 0 Å². The van der Waals surface area contributed by atoms with Gasteiger partial charge in [-0.1, -0.05) is 0 Å². The number of phenolic OH excluding ortho intramolecular Hbond substituents is 3. The van der Waals surface area contributed by atoms with Crippen LogP contribution in [0.3, 0.4) is 0 Å². The molecule has 3 saturated heterocycles. The minimum atomic E-state index is -2.06. The SMILES string of the molecule is C[C@H]1O[C@@H](OC[C@H]2O[C@@H](Oc3c(-c4ccc(O)cc4)oc4cc(O)cc(O)c4c3=O)[C@H](O[C@@H]3O[C@H](CO)[C@@H](O)[C@H](O)[C@H]3O)[C@@H](O)[C@H]2O)[C@H](O)[C@@H](O)[C@H]1O. The van der Waals surface area contributed by atoms with E-state index in [1.54, 1.807) is 0 Å². The van der Waals surface area contributed by atoms with Crippen LogP contribution in [0.25, 0.3) is 22.3 Å². The van der Waals surface area contributed by atoms with Crippen LogP contribution in [0.15, 0.2) is 45.6 Å². The van der Waals surface area contributed by atoms with Gasteiger partial charge in [0.1, 0.15) is 89.3 Å². The lowest BCUT2D eigenvalue weighted by Crippen LogP contribution is -2.65. The van der Waals surface area contributed by atoms with Gasteiger partial charge in [-0.15, -0.1) is 0 Å². The third kappa shape index (κ3) is 7.52. The Morgan fingerprint density at radius 1 is 0.679 bits per heavy atom. The molecule has 0 aliphatic carbocycles. The molecular weight excluding hydrogens is 716 g/mol. The van der Waals surface area contributed by atoms with E-state index in [0.717, 1.165) is 12.1 Å². The second-order valence-corrected chi connectivity index (χ2v) is 12.9. The second-order valence-electron chi connectivity index (χ2n) is 12.9. The predicted molar refractivity (Wildman–Crippen MR) is 171 cm³/mol. The summed E-state index contributed by atoms with van der Waals surface area (Å²) in [6.07, 6.45) is -26.1. The first kappa shape index (κ1) is 39.0. The molecule has 0 amide bonds. The van der Waals surface area contributed by atoms with Crippen LogP contribution in [0.5, 0.6) is 23.0 Å². The van der Waals surface area contributed by atoms with Gasteiger partial charge in [0.15, 0.2) is 24.4 Å². The molecule has 3 aliphatic rings. The minimum Gasteiger partial charge on any atom is -0.508 e. The van der Waals surface area contributed by atoms with Gasteiger partial charge < -0.3 is 94.1 Å². The highest BCUT2D eigenvalue weighted by molar-refractivity contribution is 5.88. The molecule has 0 radical (unpaired) electrons. The van der Waals surface area contributed by atoms with E-state index in [0.29, 0.717) is 0 Å². The van der Waals surface area contributed by atoms with Crippen molar-refractivity contribution < 1.29 is 94.1 Å². The number of phenols is 3. The topological polar surface area (TPSA) is 328 Å². The van der Waals surface area contributed by atoms with Crippen molar-refractivity contribution >= 4 is 11.0 Å². The van der Waals surface area contributed by atoms with E-state index >= 15 is 0 Å². The zero-order valence-corrected chi connectivity index (χ0v) is 27.7. The fourth-order valence-electron chi connectivity index (χ4n) is 6.25. The van der Waals surface area contributed by atoms with Crippen molar-refractivity contribution in [1.29, 1.82) is 0 Å². The maximum Gasteiger partial charge on any atom is 0.239 e. The summed E-state index contributed by atoms with van der Waals surface area (Å²) in [5, 5.41) is 124. The lowest BCUT2D eigenvalue weighted by Gasteiger charge is -2.46. The fraction of sp³-hybridized carbons (Fsp3) is 0.545. The molecule has 20 nitrogen and oxygen atoms in total. The van der Waals surface area contributed by atoms with E-state index < -0.39 is 133 Å². The van der Waals surface area contributed by atoms with Gasteiger partial charge in [0.25, 0.3) is 0 Å². The Hall–Kier alpha value is -3.71. The maximum absolute atomic E-state index is 14.0. The second kappa shape index (κ2) is 15.6. The molecule has 3 fully saturated rings. The molecule has 6 rings (SSSR count). The summed E-state index contributed by atoms with van der Waals surface area (Å²) >= 11 is 0. The molecule has 4 heterocycles. The molecule has 292 valence electrons. The molecule has 2 aromatic carbocycles. The van der Waals surface area contributed by atoms with Crippen LogP contribution in [-0.2, 0) is 23.7 Å². The third-order valence-electron chi connectivity index (χ3n) is 9.30. The number of fused-ring (bicyclic) bond motifs is 1. The third-order valence-corrected chi connectivity index (χ3v) is 9.30. The Labute approximate surface area is 298 Å². The van der Waals surface area contributed by atoms with Crippen molar-refractivity contribution in [3.05, 3.63) is 46.6 Å². The van der Waals surface area contributed by atoms with Crippen LogP contribution in [0, 0.1) is 0 Å². The first-order valence-corrected chi connectivity index (χ1v) is 16.4. The maximum atomic E-state index is 14.0. The Morgan fingerprint density at radius 3 is 1.98 bits per heavy atom. The molecule has 3 aliphatic heterocycles. The van der Waals surface area contributed by atoms with Gasteiger partial charge in [-0.05, 0) is 31.2 Å². The zero-order chi connectivity index (χ0) is 38.5. The summed E-state index contributed by atoms with van der Waals surface area (Å²) < 4.78 is 40.0.